The van der Waals surface area contributed by atoms with E-state index in [0.29, 0.717) is 0 Å². The first-order chi connectivity index (χ1) is 8.39. The van der Waals surface area contributed by atoms with Gasteiger partial charge in [0.1, 0.15) is 0 Å². The SMILES string of the molecule is NC(=O)Nc1ncc(C(O)(C(F)(F)F)C(F)(F)F)s1. The standard InChI is InChI=1S/C7H5F6N3O2S/c8-6(9,10)5(18,7(11,12)13)2-1-15-4(19-2)16-3(14)17/h1,18H,(H3,14,15,16,17). The number of nitrogens with zero attached hydrogens (tertiary/aromatic N) is 1. The van der Waals surface area contributed by atoms with Crippen LogP contribution in [0.25, 0.3) is 0 Å². The molecule has 0 aliphatic carbocycles. The molecular weight excluding hydrogens is 304 g/mol. The van der Waals surface area contributed by atoms with Crippen LogP contribution in [0.3, 0.4) is 0 Å². The maximum atomic E-state index is 12.5. The molecule has 0 fully saturated rings. The Bertz CT molecular complexity index is 468. The molecule has 0 aromatic carbocycles. The average molecular weight is 309 g/mol. The molecule has 1 rings (SSSR count). The third-order valence-electron chi connectivity index (χ3n) is 1.91. The third-order valence-corrected chi connectivity index (χ3v) is 2.93. The number of carbonyl (C=O) groups is 1. The lowest BCUT2D eigenvalue weighted by Gasteiger charge is -2.30. The average Bonchev–Trinajstić information content (AvgIpc) is 2.60. The molecule has 108 valence electrons. The molecule has 0 aliphatic rings. The molecule has 0 radical (unpaired) electrons. The van der Waals surface area contributed by atoms with E-state index in [1.807, 2.05) is 0 Å². The van der Waals surface area contributed by atoms with E-state index in [4.69, 9.17) is 5.11 Å². The number of amides is 2. The van der Waals surface area contributed by atoms with Crippen LogP contribution in [0.5, 0.6) is 0 Å². The number of rotatable bonds is 2. The van der Waals surface area contributed by atoms with E-state index in [1.54, 1.807) is 5.32 Å². The number of alkyl halides is 6. The van der Waals surface area contributed by atoms with Crippen molar-refractivity contribution in [2.24, 2.45) is 5.73 Å². The summed E-state index contributed by atoms with van der Waals surface area (Å²) in [6, 6.07) is -1.22. The first kappa shape index (κ1) is 15.5. The topological polar surface area (TPSA) is 88.2 Å². The molecule has 0 saturated carbocycles. The van der Waals surface area contributed by atoms with Gasteiger partial charge in [-0.15, -0.1) is 0 Å². The van der Waals surface area contributed by atoms with Crippen molar-refractivity contribution in [3.05, 3.63) is 11.1 Å². The Morgan fingerprint density at radius 1 is 1.26 bits per heavy atom. The minimum atomic E-state index is -6.00. The molecule has 1 heterocycles. The Morgan fingerprint density at radius 3 is 2.11 bits per heavy atom. The number of carbonyl (C=O) groups excluding carboxylic acids is 1. The first-order valence-electron chi connectivity index (χ1n) is 4.28. The van der Waals surface area contributed by atoms with Crippen molar-refractivity contribution in [3.8, 4) is 0 Å². The second-order valence-corrected chi connectivity index (χ2v) is 4.26. The van der Waals surface area contributed by atoms with Gasteiger partial charge in [0, 0.05) is 6.20 Å². The zero-order valence-electron chi connectivity index (χ0n) is 8.63. The number of nitrogens with one attached hydrogen (secondary N) is 1. The molecule has 0 bridgehead atoms. The predicted octanol–water partition coefficient (Wildman–Crippen LogP) is 1.95. The summed E-state index contributed by atoms with van der Waals surface area (Å²) >= 11 is -0.191. The predicted molar refractivity (Wildman–Crippen MR) is 51.3 cm³/mol. The van der Waals surface area contributed by atoms with Gasteiger partial charge in [-0.1, -0.05) is 11.3 Å². The summed E-state index contributed by atoms with van der Waals surface area (Å²) in [5.41, 5.74) is -0.436. The molecule has 0 spiro atoms. The molecule has 0 aliphatic heterocycles. The molecule has 5 nitrogen and oxygen atoms in total. The number of hydrogen-bond acceptors (Lipinski definition) is 4. The highest BCUT2D eigenvalue weighted by molar-refractivity contribution is 7.15. The fourth-order valence-electron chi connectivity index (χ4n) is 1.04. The molecule has 12 heteroatoms. The number of urea groups is 1. The van der Waals surface area contributed by atoms with E-state index in [1.165, 1.54) is 0 Å². The van der Waals surface area contributed by atoms with Crippen molar-refractivity contribution in [3.63, 3.8) is 0 Å². The fraction of sp³-hybridized carbons (Fsp3) is 0.429. The van der Waals surface area contributed by atoms with Gasteiger partial charge in [0.2, 0.25) is 0 Å². The van der Waals surface area contributed by atoms with Crippen molar-refractivity contribution in [1.82, 2.24) is 4.98 Å². The maximum Gasteiger partial charge on any atom is 0.431 e. The van der Waals surface area contributed by atoms with Crippen LogP contribution in [0.2, 0.25) is 0 Å². The summed E-state index contributed by atoms with van der Waals surface area (Å²) in [5, 5.41) is 10.1. The van der Waals surface area contributed by atoms with Gasteiger partial charge in [0.05, 0.1) is 4.88 Å². The van der Waals surface area contributed by atoms with Crippen molar-refractivity contribution in [1.29, 1.82) is 0 Å². The number of anilines is 1. The molecule has 19 heavy (non-hydrogen) atoms. The number of primary amides is 1. The summed E-state index contributed by atoms with van der Waals surface area (Å²) in [7, 11) is 0. The van der Waals surface area contributed by atoms with Crippen molar-refractivity contribution < 1.29 is 36.2 Å². The van der Waals surface area contributed by atoms with Crippen LogP contribution in [-0.4, -0.2) is 28.5 Å². The summed E-state index contributed by atoms with van der Waals surface area (Å²) in [4.78, 5) is 12.0. The van der Waals surface area contributed by atoms with Crippen molar-refractivity contribution in [2.45, 2.75) is 18.0 Å². The van der Waals surface area contributed by atoms with E-state index >= 15 is 0 Å². The van der Waals surface area contributed by atoms with Crippen LogP contribution in [0.4, 0.5) is 36.3 Å². The van der Waals surface area contributed by atoms with Gasteiger partial charge < -0.3 is 10.8 Å². The zero-order chi connectivity index (χ0) is 15.1. The summed E-state index contributed by atoms with van der Waals surface area (Å²) in [6.45, 7) is 0. The lowest BCUT2D eigenvalue weighted by molar-refractivity contribution is -0.375. The number of aromatic nitrogens is 1. The minimum absolute atomic E-state index is 0.164. The Hall–Kier alpha value is -1.56. The summed E-state index contributed by atoms with van der Waals surface area (Å²) < 4.78 is 74.7. The molecule has 0 atom stereocenters. The smallest absolute Gasteiger partial charge is 0.369 e. The van der Waals surface area contributed by atoms with Crippen molar-refractivity contribution in [2.75, 3.05) is 5.32 Å². The third kappa shape index (κ3) is 2.73. The monoisotopic (exact) mass is 309 g/mol. The molecule has 0 unspecified atom stereocenters. The van der Waals surface area contributed by atoms with E-state index < -0.39 is 34.0 Å². The summed E-state index contributed by atoms with van der Waals surface area (Å²) in [5.74, 6) is 0. The molecule has 0 saturated heterocycles. The first-order valence-corrected chi connectivity index (χ1v) is 5.10. The second-order valence-electron chi connectivity index (χ2n) is 3.22. The summed E-state index contributed by atoms with van der Waals surface area (Å²) in [6.07, 6.45) is -11.8. The lowest BCUT2D eigenvalue weighted by atomic mass is 10.0. The van der Waals surface area contributed by atoms with Gasteiger partial charge in [-0.2, -0.15) is 26.3 Å². The Labute approximate surface area is 105 Å². The van der Waals surface area contributed by atoms with Crippen LogP contribution in [-0.2, 0) is 5.60 Å². The van der Waals surface area contributed by atoms with Crippen LogP contribution in [0.15, 0.2) is 6.20 Å². The van der Waals surface area contributed by atoms with Crippen LogP contribution >= 0.6 is 11.3 Å². The van der Waals surface area contributed by atoms with Crippen molar-refractivity contribution >= 4 is 22.5 Å². The maximum absolute atomic E-state index is 12.5. The van der Waals surface area contributed by atoms with E-state index in [2.05, 4.69) is 10.7 Å². The largest absolute Gasteiger partial charge is 0.431 e. The number of hydrogen-bond donors (Lipinski definition) is 3. The second kappa shape index (κ2) is 4.52. The van der Waals surface area contributed by atoms with Crippen LogP contribution < -0.4 is 11.1 Å². The molecule has 4 N–H and O–H groups in total. The zero-order valence-corrected chi connectivity index (χ0v) is 9.45. The van der Waals surface area contributed by atoms with Gasteiger partial charge in [-0.25, -0.2) is 9.78 Å². The molecule has 1 aromatic heterocycles. The molecule has 2 amide bonds. The van der Waals surface area contributed by atoms with Gasteiger partial charge in [0.15, 0.2) is 5.13 Å². The number of nitrogens with two attached hydrogens (primary N) is 1. The normalized spacial score (nSPS) is 13.4. The highest BCUT2D eigenvalue weighted by atomic mass is 32.1. The van der Waals surface area contributed by atoms with Crippen LogP contribution in [0.1, 0.15) is 4.88 Å². The Kier molecular flexibility index (Phi) is 3.69. The van der Waals surface area contributed by atoms with Gasteiger partial charge in [0.25, 0.3) is 5.60 Å². The number of thiazole rings is 1. The Morgan fingerprint density at radius 2 is 1.74 bits per heavy atom. The lowest BCUT2D eigenvalue weighted by Crippen LogP contribution is -2.53. The highest BCUT2D eigenvalue weighted by Gasteiger charge is 2.72. The molecule has 1 aromatic rings. The number of halogens is 6. The number of aliphatic hydroxyl groups is 1. The van der Waals surface area contributed by atoms with E-state index in [-0.39, 0.29) is 17.5 Å². The van der Waals surface area contributed by atoms with Crippen LogP contribution in [0, 0.1) is 0 Å². The van der Waals surface area contributed by atoms with Gasteiger partial charge >= 0.3 is 18.4 Å². The van der Waals surface area contributed by atoms with E-state index in [9.17, 15) is 31.1 Å². The van der Waals surface area contributed by atoms with Gasteiger partial charge in [-0.05, 0) is 0 Å². The fourth-order valence-corrected chi connectivity index (χ4v) is 1.99. The van der Waals surface area contributed by atoms with Gasteiger partial charge in [-0.3, -0.25) is 5.32 Å². The minimum Gasteiger partial charge on any atom is -0.369 e. The Balaban J connectivity index is 3.28. The molecular formula is C7H5F6N3O2S. The quantitative estimate of drug-likeness (QED) is 0.730. The highest BCUT2D eigenvalue weighted by Crippen LogP contribution is 2.51. The van der Waals surface area contributed by atoms with E-state index in [0.717, 1.165) is 0 Å².